The minimum Gasteiger partial charge on any atom is -0.360 e. The fourth-order valence-corrected chi connectivity index (χ4v) is 0.882. The van der Waals surface area contributed by atoms with Crippen LogP contribution in [0.25, 0.3) is 0 Å². The minimum absolute atomic E-state index is 0.135. The van der Waals surface area contributed by atoms with Crippen molar-refractivity contribution in [3.8, 4) is 12.1 Å². The van der Waals surface area contributed by atoms with Crippen molar-refractivity contribution in [2.24, 2.45) is 0 Å². The molecule has 0 spiro atoms. The topological polar surface area (TPSA) is 59.6 Å². The summed E-state index contributed by atoms with van der Waals surface area (Å²) in [5.41, 5.74) is -0.0461. The first-order valence-electron chi connectivity index (χ1n) is 3.88. The SMILES string of the molecule is N#CC(C#N)=CNc1cc(F)cc(F)c1. The molecule has 3 nitrogen and oxygen atoms in total. The normalized spacial score (nSPS) is 8.53. The first kappa shape index (κ1) is 10.7. The van der Waals surface area contributed by atoms with E-state index in [4.69, 9.17) is 10.5 Å². The van der Waals surface area contributed by atoms with Gasteiger partial charge in [-0.15, -0.1) is 0 Å². The summed E-state index contributed by atoms with van der Waals surface area (Å²) in [5, 5.41) is 19.2. The third-order valence-electron chi connectivity index (χ3n) is 1.49. The molecule has 0 unspecified atom stereocenters. The van der Waals surface area contributed by atoms with Crippen molar-refractivity contribution in [2.45, 2.75) is 0 Å². The highest BCUT2D eigenvalue weighted by Crippen LogP contribution is 2.12. The van der Waals surface area contributed by atoms with Crippen LogP contribution in [0, 0.1) is 34.3 Å². The second-order valence-corrected chi connectivity index (χ2v) is 2.58. The highest BCUT2D eigenvalue weighted by atomic mass is 19.1. The third-order valence-corrected chi connectivity index (χ3v) is 1.49. The van der Waals surface area contributed by atoms with Gasteiger partial charge in [0.05, 0.1) is 0 Å². The quantitative estimate of drug-likeness (QED) is 0.753. The maximum atomic E-state index is 12.7. The van der Waals surface area contributed by atoms with E-state index >= 15 is 0 Å². The second kappa shape index (κ2) is 4.73. The Morgan fingerprint density at radius 3 is 2.13 bits per heavy atom. The maximum Gasteiger partial charge on any atom is 0.145 e. The van der Waals surface area contributed by atoms with Crippen LogP contribution in [0.4, 0.5) is 14.5 Å². The van der Waals surface area contributed by atoms with Crippen molar-refractivity contribution in [3.63, 3.8) is 0 Å². The molecule has 0 aliphatic heterocycles. The molecule has 0 atom stereocenters. The molecular weight excluding hydrogens is 200 g/mol. The molecular formula is C10H5F2N3. The first-order valence-corrected chi connectivity index (χ1v) is 3.88. The molecule has 74 valence electrons. The Hall–Kier alpha value is -2.40. The fraction of sp³-hybridized carbons (Fsp3) is 0. The summed E-state index contributed by atoms with van der Waals surface area (Å²) in [6.07, 6.45) is 1.08. The molecule has 0 aromatic heterocycles. The van der Waals surface area contributed by atoms with Gasteiger partial charge in [0.1, 0.15) is 29.3 Å². The van der Waals surface area contributed by atoms with Crippen molar-refractivity contribution in [2.75, 3.05) is 5.32 Å². The van der Waals surface area contributed by atoms with Crippen LogP contribution < -0.4 is 5.32 Å². The zero-order chi connectivity index (χ0) is 11.3. The first-order chi connectivity index (χ1) is 7.15. The lowest BCUT2D eigenvalue weighted by atomic mass is 10.3. The van der Waals surface area contributed by atoms with Gasteiger partial charge in [-0.2, -0.15) is 10.5 Å². The highest BCUT2D eigenvalue weighted by molar-refractivity contribution is 5.49. The second-order valence-electron chi connectivity index (χ2n) is 2.58. The van der Waals surface area contributed by atoms with E-state index in [0.29, 0.717) is 0 Å². The molecule has 1 aromatic rings. The number of nitrogens with one attached hydrogen (secondary N) is 1. The number of rotatable bonds is 2. The molecule has 0 aliphatic rings. The van der Waals surface area contributed by atoms with Crippen molar-refractivity contribution in [1.82, 2.24) is 0 Å². The Kier molecular flexibility index (Phi) is 3.37. The molecule has 1 aromatic carbocycles. The van der Waals surface area contributed by atoms with Crippen LogP contribution in [0.1, 0.15) is 0 Å². The van der Waals surface area contributed by atoms with E-state index < -0.39 is 11.6 Å². The van der Waals surface area contributed by atoms with Crippen molar-refractivity contribution < 1.29 is 8.78 Å². The maximum absolute atomic E-state index is 12.7. The number of nitriles is 2. The van der Waals surface area contributed by atoms with Gasteiger partial charge < -0.3 is 5.32 Å². The van der Waals surface area contributed by atoms with Crippen LogP contribution in [0.2, 0.25) is 0 Å². The van der Waals surface area contributed by atoms with E-state index in [0.717, 1.165) is 24.4 Å². The number of allylic oxidation sites excluding steroid dienone is 1. The number of halogens is 2. The van der Waals surface area contributed by atoms with E-state index in [1.165, 1.54) is 0 Å². The summed E-state index contributed by atoms with van der Waals surface area (Å²) in [4.78, 5) is 0. The van der Waals surface area contributed by atoms with Gasteiger partial charge in [-0.1, -0.05) is 0 Å². The predicted molar refractivity (Wildman–Crippen MR) is 49.3 cm³/mol. The molecule has 0 heterocycles. The summed E-state index contributed by atoms with van der Waals surface area (Å²) in [7, 11) is 0. The Morgan fingerprint density at radius 1 is 1.13 bits per heavy atom. The molecule has 15 heavy (non-hydrogen) atoms. The van der Waals surface area contributed by atoms with Gasteiger partial charge in [0.25, 0.3) is 0 Å². The van der Waals surface area contributed by atoms with E-state index in [1.807, 2.05) is 0 Å². The largest absolute Gasteiger partial charge is 0.360 e. The molecule has 0 amide bonds. The number of benzene rings is 1. The number of nitrogens with zero attached hydrogens (tertiary/aromatic N) is 2. The standard InChI is InChI=1S/C10H5F2N3/c11-8-1-9(12)3-10(2-8)15-6-7(4-13)5-14/h1-3,6,15H. The van der Waals surface area contributed by atoms with E-state index in [2.05, 4.69) is 5.32 Å². The number of hydrogen-bond donors (Lipinski definition) is 1. The summed E-state index contributed by atoms with van der Waals surface area (Å²) in [6, 6.07) is 6.02. The van der Waals surface area contributed by atoms with Crippen LogP contribution in [-0.4, -0.2) is 0 Å². The van der Waals surface area contributed by atoms with Crippen LogP contribution >= 0.6 is 0 Å². The molecule has 5 heteroatoms. The zero-order valence-electron chi connectivity index (χ0n) is 7.46. The van der Waals surface area contributed by atoms with Crippen molar-refractivity contribution >= 4 is 5.69 Å². The monoisotopic (exact) mass is 205 g/mol. The van der Waals surface area contributed by atoms with Gasteiger partial charge in [-0.05, 0) is 12.1 Å². The van der Waals surface area contributed by atoms with Crippen LogP contribution in [-0.2, 0) is 0 Å². The average Bonchev–Trinajstić information content (AvgIpc) is 2.18. The Bertz CT molecular complexity index is 444. The van der Waals surface area contributed by atoms with Gasteiger partial charge in [0.15, 0.2) is 0 Å². The van der Waals surface area contributed by atoms with Crippen LogP contribution in [0.5, 0.6) is 0 Å². The van der Waals surface area contributed by atoms with Crippen molar-refractivity contribution in [3.05, 3.63) is 41.6 Å². The van der Waals surface area contributed by atoms with E-state index in [1.54, 1.807) is 12.1 Å². The van der Waals surface area contributed by atoms with Gasteiger partial charge in [-0.3, -0.25) is 0 Å². The minimum atomic E-state index is -0.735. The van der Waals surface area contributed by atoms with Gasteiger partial charge in [-0.25, -0.2) is 8.78 Å². The van der Waals surface area contributed by atoms with Gasteiger partial charge in [0.2, 0.25) is 0 Å². The molecule has 0 fully saturated rings. The summed E-state index contributed by atoms with van der Waals surface area (Å²) < 4.78 is 25.4. The lowest BCUT2D eigenvalue weighted by molar-refractivity contribution is 0.584. The smallest absolute Gasteiger partial charge is 0.145 e. The molecule has 1 N–H and O–H groups in total. The predicted octanol–water partition coefficient (Wildman–Crippen LogP) is 2.31. The van der Waals surface area contributed by atoms with Crippen LogP contribution in [0.3, 0.4) is 0 Å². The molecule has 0 aliphatic carbocycles. The van der Waals surface area contributed by atoms with Crippen molar-refractivity contribution in [1.29, 1.82) is 10.5 Å². The Balaban J connectivity index is 2.88. The molecule has 0 saturated heterocycles. The average molecular weight is 205 g/mol. The summed E-state index contributed by atoms with van der Waals surface area (Å²) in [6.45, 7) is 0. The highest BCUT2D eigenvalue weighted by Gasteiger charge is 1.99. The lowest BCUT2D eigenvalue weighted by Crippen LogP contribution is -1.92. The number of anilines is 1. The summed E-state index contributed by atoms with van der Waals surface area (Å²) >= 11 is 0. The van der Waals surface area contributed by atoms with Crippen LogP contribution in [0.15, 0.2) is 30.0 Å². The Labute approximate surface area is 84.9 Å². The lowest BCUT2D eigenvalue weighted by Gasteiger charge is -2.00. The third kappa shape index (κ3) is 3.09. The molecule has 0 radical (unpaired) electrons. The molecule has 1 rings (SSSR count). The molecule has 0 saturated carbocycles. The van der Waals surface area contributed by atoms with E-state index in [9.17, 15) is 8.78 Å². The van der Waals surface area contributed by atoms with E-state index in [-0.39, 0.29) is 11.3 Å². The van der Waals surface area contributed by atoms with Gasteiger partial charge in [0, 0.05) is 18.0 Å². The zero-order valence-corrected chi connectivity index (χ0v) is 7.46. The summed E-state index contributed by atoms with van der Waals surface area (Å²) in [5.74, 6) is -1.47. The molecule has 0 bridgehead atoms. The Morgan fingerprint density at radius 2 is 1.67 bits per heavy atom. The number of hydrogen-bond acceptors (Lipinski definition) is 3. The van der Waals surface area contributed by atoms with Gasteiger partial charge >= 0.3 is 0 Å². The fourth-order valence-electron chi connectivity index (χ4n) is 0.882.